The Kier molecular flexibility index (Phi) is 5.15. The first-order valence-corrected chi connectivity index (χ1v) is 10.1. The Morgan fingerprint density at radius 2 is 1.78 bits per heavy atom. The van der Waals surface area contributed by atoms with Gasteiger partial charge in [0, 0.05) is 37.6 Å². The van der Waals surface area contributed by atoms with Crippen molar-refractivity contribution in [1.29, 1.82) is 0 Å². The first-order valence-electron chi connectivity index (χ1n) is 9.68. The van der Waals surface area contributed by atoms with E-state index in [-0.39, 0.29) is 11.7 Å². The highest BCUT2D eigenvalue weighted by Crippen LogP contribution is 2.34. The maximum atomic E-state index is 12.8. The minimum atomic E-state index is 0.149. The van der Waals surface area contributed by atoms with E-state index in [9.17, 15) is 4.79 Å². The molecule has 1 aliphatic carbocycles. The van der Waals surface area contributed by atoms with Crippen LogP contribution in [0.5, 0.6) is 0 Å². The van der Waals surface area contributed by atoms with E-state index >= 15 is 0 Å². The number of nitrogens with zero attached hydrogens (tertiary/aromatic N) is 4. The molecule has 1 saturated heterocycles. The van der Waals surface area contributed by atoms with Gasteiger partial charge in [-0.2, -0.15) is 0 Å². The minimum Gasteiger partial charge on any atom is -0.338 e. The smallest absolute Gasteiger partial charge is 0.225 e. The average Bonchev–Trinajstić information content (AvgIpc) is 2.68. The SMILES string of the molecule is CCN1CCN(c2nc(C)c3c(n2)C[C@@H](c2ccc(Cl)cc2)CC3=O)CC1. The van der Waals surface area contributed by atoms with Gasteiger partial charge in [-0.1, -0.05) is 30.7 Å². The highest BCUT2D eigenvalue weighted by molar-refractivity contribution is 6.30. The van der Waals surface area contributed by atoms with Crippen LogP contribution in [0, 0.1) is 6.92 Å². The molecule has 0 bridgehead atoms. The summed E-state index contributed by atoms with van der Waals surface area (Å²) in [5.41, 5.74) is 3.59. The normalized spacial score (nSPS) is 20.6. The number of anilines is 1. The van der Waals surface area contributed by atoms with Crippen molar-refractivity contribution in [2.75, 3.05) is 37.6 Å². The number of aryl methyl sites for hydroxylation is 1. The predicted octanol–water partition coefficient (Wildman–Crippen LogP) is 3.49. The molecule has 0 saturated carbocycles. The van der Waals surface area contributed by atoms with Crippen molar-refractivity contribution >= 4 is 23.3 Å². The molecule has 2 aliphatic rings. The van der Waals surface area contributed by atoms with Crippen molar-refractivity contribution < 1.29 is 4.79 Å². The number of piperazine rings is 1. The number of benzene rings is 1. The van der Waals surface area contributed by atoms with Gasteiger partial charge in [-0.15, -0.1) is 0 Å². The van der Waals surface area contributed by atoms with E-state index in [0.29, 0.717) is 11.4 Å². The molecule has 1 fully saturated rings. The number of rotatable bonds is 3. The fourth-order valence-electron chi connectivity index (χ4n) is 4.13. The maximum Gasteiger partial charge on any atom is 0.225 e. The van der Waals surface area contributed by atoms with Gasteiger partial charge in [0.1, 0.15) is 0 Å². The second kappa shape index (κ2) is 7.56. The molecule has 1 aromatic heterocycles. The van der Waals surface area contributed by atoms with Crippen molar-refractivity contribution in [3.8, 4) is 0 Å². The average molecular weight is 385 g/mol. The van der Waals surface area contributed by atoms with Gasteiger partial charge >= 0.3 is 0 Å². The number of Topliss-reactive ketones (excluding diaryl/α,β-unsaturated/α-hetero) is 1. The third-order valence-electron chi connectivity index (χ3n) is 5.75. The number of carbonyl (C=O) groups is 1. The van der Waals surface area contributed by atoms with Gasteiger partial charge < -0.3 is 9.80 Å². The predicted molar refractivity (Wildman–Crippen MR) is 108 cm³/mol. The maximum absolute atomic E-state index is 12.8. The molecule has 1 atom stereocenters. The molecule has 0 radical (unpaired) electrons. The van der Waals surface area contributed by atoms with Crippen LogP contribution in [0.2, 0.25) is 5.02 Å². The third kappa shape index (κ3) is 3.71. The molecule has 2 aromatic rings. The van der Waals surface area contributed by atoms with E-state index < -0.39 is 0 Å². The molecule has 5 nitrogen and oxygen atoms in total. The lowest BCUT2D eigenvalue weighted by molar-refractivity contribution is 0.0962. The van der Waals surface area contributed by atoms with Crippen molar-refractivity contribution in [3.63, 3.8) is 0 Å². The highest BCUT2D eigenvalue weighted by Gasteiger charge is 2.31. The molecular weight excluding hydrogens is 360 g/mol. The van der Waals surface area contributed by atoms with Crippen molar-refractivity contribution in [2.24, 2.45) is 0 Å². The van der Waals surface area contributed by atoms with Crippen LogP contribution in [-0.2, 0) is 6.42 Å². The summed E-state index contributed by atoms with van der Waals surface area (Å²) in [6.07, 6.45) is 1.28. The molecule has 2 heterocycles. The number of aromatic nitrogens is 2. The Balaban J connectivity index is 1.61. The summed E-state index contributed by atoms with van der Waals surface area (Å²) in [4.78, 5) is 27.0. The number of hydrogen-bond donors (Lipinski definition) is 0. The monoisotopic (exact) mass is 384 g/mol. The van der Waals surface area contributed by atoms with Crippen LogP contribution >= 0.6 is 11.6 Å². The molecule has 1 aliphatic heterocycles. The summed E-state index contributed by atoms with van der Waals surface area (Å²) in [6.45, 7) is 9.13. The quantitative estimate of drug-likeness (QED) is 0.810. The Morgan fingerprint density at radius 3 is 2.44 bits per heavy atom. The minimum absolute atomic E-state index is 0.149. The summed E-state index contributed by atoms with van der Waals surface area (Å²) in [7, 11) is 0. The number of ketones is 1. The van der Waals surface area contributed by atoms with Crippen LogP contribution in [0.4, 0.5) is 5.95 Å². The highest BCUT2D eigenvalue weighted by atomic mass is 35.5. The zero-order valence-electron chi connectivity index (χ0n) is 15.9. The molecule has 0 spiro atoms. The first-order chi connectivity index (χ1) is 13.0. The first kappa shape index (κ1) is 18.4. The zero-order chi connectivity index (χ0) is 19.0. The van der Waals surface area contributed by atoms with Gasteiger partial charge in [-0.3, -0.25) is 4.79 Å². The second-order valence-corrected chi connectivity index (χ2v) is 7.87. The molecule has 0 N–H and O–H groups in total. The number of hydrogen-bond acceptors (Lipinski definition) is 5. The molecule has 0 unspecified atom stereocenters. The fourth-order valence-corrected chi connectivity index (χ4v) is 4.26. The van der Waals surface area contributed by atoms with E-state index in [1.807, 2.05) is 31.2 Å². The van der Waals surface area contributed by atoms with E-state index in [1.54, 1.807) is 0 Å². The fraction of sp³-hybridized carbons (Fsp3) is 0.476. The van der Waals surface area contributed by atoms with Crippen molar-refractivity contribution in [3.05, 3.63) is 51.8 Å². The van der Waals surface area contributed by atoms with Crippen LogP contribution < -0.4 is 4.90 Å². The Hall–Kier alpha value is -1.98. The standard InChI is InChI=1S/C21H25ClN4O/c1-3-25-8-10-26(11-9-25)21-23-14(2)20-18(24-21)12-16(13-19(20)27)15-4-6-17(22)7-5-15/h4-7,16H,3,8-13H2,1-2H3/t16-/m1/s1. The lowest BCUT2D eigenvalue weighted by atomic mass is 9.81. The molecule has 142 valence electrons. The van der Waals surface area contributed by atoms with Gasteiger partial charge in [0.05, 0.1) is 17.0 Å². The molecule has 6 heteroatoms. The van der Waals surface area contributed by atoms with Crippen LogP contribution in [0.15, 0.2) is 24.3 Å². The summed E-state index contributed by atoms with van der Waals surface area (Å²) >= 11 is 6.01. The van der Waals surface area contributed by atoms with Gasteiger partial charge in [-0.05, 0) is 43.5 Å². The van der Waals surface area contributed by atoms with E-state index in [2.05, 4.69) is 21.7 Å². The Morgan fingerprint density at radius 1 is 1.07 bits per heavy atom. The number of halogens is 1. The Bertz CT molecular complexity index is 844. The zero-order valence-corrected chi connectivity index (χ0v) is 16.7. The molecule has 0 amide bonds. The van der Waals surface area contributed by atoms with Crippen molar-refractivity contribution in [2.45, 2.75) is 32.6 Å². The molecular formula is C21H25ClN4O. The van der Waals surface area contributed by atoms with Gasteiger partial charge in [0.25, 0.3) is 0 Å². The second-order valence-electron chi connectivity index (χ2n) is 7.43. The summed E-state index contributed by atoms with van der Waals surface area (Å²) in [6, 6.07) is 7.82. The molecule has 4 rings (SSSR count). The van der Waals surface area contributed by atoms with Crippen LogP contribution in [0.25, 0.3) is 0 Å². The van der Waals surface area contributed by atoms with Crippen LogP contribution in [0.1, 0.15) is 46.6 Å². The number of likely N-dealkylation sites (N-methyl/N-ethyl adjacent to an activating group) is 1. The third-order valence-corrected chi connectivity index (χ3v) is 6.00. The van der Waals surface area contributed by atoms with E-state index in [4.69, 9.17) is 16.6 Å². The topological polar surface area (TPSA) is 49.3 Å². The lowest BCUT2D eigenvalue weighted by Gasteiger charge is -2.35. The lowest BCUT2D eigenvalue weighted by Crippen LogP contribution is -2.47. The summed E-state index contributed by atoms with van der Waals surface area (Å²) in [5.74, 6) is 1.07. The van der Waals surface area contributed by atoms with E-state index in [0.717, 1.165) is 67.6 Å². The van der Waals surface area contributed by atoms with Crippen molar-refractivity contribution in [1.82, 2.24) is 14.9 Å². The van der Waals surface area contributed by atoms with Gasteiger partial charge in [-0.25, -0.2) is 9.97 Å². The van der Waals surface area contributed by atoms with Gasteiger partial charge in [0.15, 0.2) is 5.78 Å². The molecule has 27 heavy (non-hydrogen) atoms. The largest absolute Gasteiger partial charge is 0.338 e. The number of carbonyl (C=O) groups excluding carboxylic acids is 1. The summed E-state index contributed by atoms with van der Waals surface area (Å²) in [5, 5.41) is 0.716. The Labute approximate surface area is 165 Å². The van der Waals surface area contributed by atoms with Gasteiger partial charge in [0.2, 0.25) is 5.95 Å². The van der Waals surface area contributed by atoms with E-state index in [1.165, 1.54) is 0 Å². The summed E-state index contributed by atoms with van der Waals surface area (Å²) < 4.78 is 0. The molecule has 1 aromatic carbocycles. The number of fused-ring (bicyclic) bond motifs is 1. The van der Waals surface area contributed by atoms with Crippen LogP contribution in [-0.4, -0.2) is 53.4 Å². The van der Waals surface area contributed by atoms with Crippen LogP contribution in [0.3, 0.4) is 0 Å².